The lowest BCUT2D eigenvalue weighted by Crippen LogP contribution is -2.41. The fourth-order valence-electron chi connectivity index (χ4n) is 4.01. The number of rotatable bonds is 4. The number of fused-ring (bicyclic) bond motifs is 1. The van der Waals surface area contributed by atoms with Crippen molar-refractivity contribution in [2.45, 2.75) is 44.7 Å². The second-order valence-corrected chi connectivity index (χ2v) is 8.68. The first-order chi connectivity index (χ1) is 14.0. The fourth-order valence-corrected chi connectivity index (χ4v) is 4.70. The molecule has 1 heterocycles. The average molecular weight is 448 g/mol. The van der Waals surface area contributed by atoms with Gasteiger partial charge in [-0.1, -0.05) is 72.3 Å². The normalized spacial score (nSPS) is 14.9. The summed E-state index contributed by atoms with van der Waals surface area (Å²) >= 11 is 18.9. The van der Waals surface area contributed by atoms with Gasteiger partial charge in [0, 0.05) is 28.6 Å². The third kappa shape index (κ3) is 4.53. The lowest BCUT2D eigenvalue weighted by atomic mass is 9.93. The van der Waals surface area contributed by atoms with E-state index in [0.717, 1.165) is 42.1 Å². The second kappa shape index (κ2) is 8.91. The number of carbonyl (C=O) groups is 1. The van der Waals surface area contributed by atoms with E-state index in [2.05, 4.69) is 4.98 Å². The van der Waals surface area contributed by atoms with Gasteiger partial charge in [0.05, 0.1) is 16.1 Å². The molecule has 0 atom stereocenters. The van der Waals surface area contributed by atoms with Gasteiger partial charge in [0.2, 0.25) is 0 Å². The molecule has 1 aromatic heterocycles. The molecule has 0 saturated heterocycles. The molecule has 1 fully saturated rings. The zero-order valence-electron chi connectivity index (χ0n) is 15.9. The molecular weight excluding hydrogens is 427 g/mol. The van der Waals surface area contributed by atoms with Gasteiger partial charge in [-0.2, -0.15) is 0 Å². The smallest absolute Gasteiger partial charge is 0.255 e. The van der Waals surface area contributed by atoms with Gasteiger partial charge >= 0.3 is 0 Å². The summed E-state index contributed by atoms with van der Waals surface area (Å²) in [7, 11) is 0. The Bertz CT molecular complexity index is 1050. The van der Waals surface area contributed by atoms with Gasteiger partial charge in [0.1, 0.15) is 5.15 Å². The van der Waals surface area contributed by atoms with E-state index in [-0.39, 0.29) is 11.9 Å². The Labute approximate surface area is 185 Å². The molecule has 2 aromatic carbocycles. The van der Waals surface area contributed by atoms with Crippen molar-refractivity contribution in [2.24, 2.45) is 0 Å². The number of aromatic nitrogens is 1. The number of para-hydroxylation sites is 1. The fraction of sp³-hybridized carbons (Fsp3) is 0.304. The lowest BCUT2D eigenvalue weighted by molar-refractivity contribution is 0.0614. The molecule has 1 aliphatic rings. The molecule has 1 saturated carbocycles. The highest BCUT2D eigenvalue weighted by atomic mass is 35.5. The van der Waals surface area contributed by atoms with E-state index < -0.39 is 0 Å². The van der Waals surface area contributed by atoms with Crippen molar-refractivity contribution in [3.63, 3.8) is 0 Å². The zero-order chi connectivity index (χ0) is 20.4. The highest BCUT2D eigenvalue weighted by molar-refractivity contribution is 6.36. The van der Waals surface area contributed by atoms with Crippen molar-refractivity contribution in [3.8, 4) is 0 Å². The van der Waals surface area contributed by atoms with E-state index >= 15 is 0 Å². The van der Waals surface area contributed by atoms with Crippen LogP contribution in [-0.2, 0) is 6.54 Å². The van der Waals surface area contributed by atoms with E-state index in [1.807, 2.05) is 35.2 Å². The molecule has 0 N–H and O–H groups in total. The summed E-state index contributed by atoms with van der Waals surface area (Å²) in [4.78, 5) is 19.9. The van der Waals surface area contributed by atoms with Crippen LogP contribution in [0.25, 0.3) is 10.9 Å². The van der Waals surface area contributed by atoms with Crippen LogP contribution in [0.1, 0.15) is 48.0 Å². The molecule has 0 radical (unpaired) electrons. The Kier molecular flexibility index (Phi) is 6.29. The molecule has 29 heavy (non-hydrogen) atoms. The number of halogens is 3. The van der Waals surface area contributed by atoms with Crippen molar-refractivity contribution in [3.05, 3.63) is 74.9 Å². The van der Waals surface area contributed by atoms with Crippen molar-refractivity contribution >= 4 is 51.6 Å². The highest BCUT2D eigenvalue weighted by Gasteiger charge is 2.28. The number of hydrogen-bond acceptors (Lipinski definition) is 2. The molecule has 0 aliphatic heterocycles. The number of amides is 1. The number of carbonyl (C=O) groups excluding carboxylic acids is 1. The first kappa shape index (κ1) is 20.5. The first-order valence-corrected chi connectivity index (χ1v) is 11.0. The molecule has 4 rings (SSSR count). The van der Waals surface area contributed by atoms with E-state index in [4.69, 9.17) is 34.8 Å². The van der Waals surface area contributed by atoms with Crippen LogP contribution in [0.5, 0.6) is 0 Å². The zero-order valence-corrected chi connectivity index (χ0v) is 18.1. The van der Waals surface area contributed by atoms with E-state index in [1.54, 1.807) is 18.2 Å². The van der Waals surface area contributed by atoms with Crippen molar-refractivity contribution < 1.29 is 4.79 Å². The molecule has 0 bridgehead atoms. The Morgan fingerprint density at radius 1 is 1.00 bits per heavy atom. The van der Waals surface area contributed by atoms with Crippen molar-refractivity contribution in [2.75, 3.05) is 0 Å². The van der Waals surface area contributed by atoms with Crippen LogP contribution in [0.2, 0.25) is 15.2 Å². The van der Waals surface area contributed by atoms with E-state index in [1.165, 1.54) is 6.42 Å². The van der Waals surface area contributed by atoms with Crippen LogP contribution in [0.15, 0.2) is 48.5 Å². The van der Waals surface area contributed by atoms with E-state index in [0.29, 0.717) is 27.3 Å². The lowest BCUT2D eigenvalue weighted by Gasteiger charge is -2.35. The Morgan fingerprint density at radius 2 is 1.76 bits per heavy atom. The Hall–Kier alpha value is -1.81. The van der Waals surface area contributed by atoms with Gasteiger partial charge < -0.3 is 4.90 Å². The molecule has 3 aromatic rings. The van der Waals surface area contributed by atoms with E-state index in [9.17, 15) is 4.79 Å². The topological polar surface area (TPSA) is 33.2 Å². The van der Waals surface area contributed by atoms with Crippen LogP contribution in [-0.4, -0.2) is 21.8 Å². The minimum atomic E-state index is -0.0946. The summed E-state index contributed by atoms with van der Waals surface area (Å²) in [6.45, 7) is 0.402. The summed E-state index contributed by atoms with van der Waals surface area (Å²) in [5.74, 6) is -0.0946. The Balaban J connectivity index is 1.71. The monoisotopic (exact) mass is 446 g/mol. The van der Waals surface area contributed by atoms with Gasteiger partial charge in [-0.3, -0.25) is 4.79 Å². The van der Waals surface area contributed by atoms with Crippen LogP contribution in [0, 0.1) is 0 Å². The number of pyridine rings is 1. The maximum absolute atomic E-state index is 13.5. The van der Waals surface area contributed by atoms with Crippen LogP contribution in [0.3, 0.4) is 0 Å². The number of nitrogens with zero attached hydrogens (tertiary/aromatic N) is 2. The SMILES string of the molecule is O=C(c1ccc(Cl)cc1Cl)N(Cc1cc2ccccc2nc1Cl)C1CCCCC1. The van der Waals surface area contributed by atoms with Crippen molar-refractivity contribution in [1.29, 1.82) is 0 Å². The molecule has 0 unspecified atom stereocenters. The van der Waals surface area contributed by atoms with Gasteiger partial charge in [0.25, 0.3) is 5.91 Å². The van der Waals surface area contributed by atoms with Crippen LogP contribution in [0.4, 0.5) is 0 Å². The molecule has 0 spiro atoms. The average Bonchev–Trinajstić information content (AvgIpc) is 2.72. The third-order valence-corrected chi connectivity index (χ3v) is 6.40. The van der Waals surface area contributed by atoms with Gasteiger partial charge in [-0.25, -0.2) is 4.98 Å². The van der Waals surface area contributed by atoms with Crippen LogP contribution >= 0.6 is 34.8 Å². The third-order valence-electron chi connectivity index (χ3n) is 5.53. The molecule has 3 nitrogen and oxygen atoms in total. The largest absolute Gasteiger partial charge is 0.331 e. The summed E-state index contributed by atoms with van der Waals surface area (Å²) in [6, 6.07) is 15.0. The quantitative estimate of drug-likeness (QED) is 0.397. The second-order valence-electron chi connectivity index (χ2n) is 7.48. The van der Waals surface area contributed by atoms with Crippen LogP contribution < -0.4 is 0 Å². The summed E-state index contributed by atoms with van der Waals surface area (Å²) in [6.07, 6.45) is 5.41. The predicted octanol–water partition coefficient (Wildman–Crippen LogP) is 7.17. The maximum Gasteiger partial charge on any atom is 0.255 e. The summed E-state index contributed by atoms with van der Waals surface area (Å²) in [5, 5.41) is 2.32. The van der Waals surface area contributed by atoms with Crippen molar-refractivity contribution in [1.82, 2.24) is 9.88 Å². The number of hydrogen-bond donors (Lipinski definition) is 0. The minimum absolute atomic E-state index is 0.0946. The Morgan fingerprint density at radius 3 is 2.52 bits per heavy atom. The molecule has 150 valence electrons. The standard InChI is InChI=1S/C23H21Cl3N2O/c24-17-10-11-19(20(25)13-17)23(29)28(18-7-2-1-3-8-18)14-16-12-15-6-4-5-9-21(15)27-22(16)26/h4-6,9-13,18H,1-3,7-8,14H2. The first-order valence-electron chi connectivity index (χ1n) is 9.83. The molecule has 1 aliphatic carbocycles. The van der Waals surface area contributed by atoms with Gasteiger partial charge in [0.15, 0.2) is 0 Å². The molecule has 1 amide bonds. The van der Waals surface area contributed by atoms with Gasteiger partial charge in [-0.05, 0) is 43.2 Å². The number of benzene rings is 2. The molecule has 6 heteroatoms. The highest BCUT2D eigenvalue weighted by Crippen LogP contribution is 2.30. The molecular formula is C23H21Cl3N2O. The minimum Gasteiger partial charge on any atom is -0.331 e. The summed E-state index contributed by atoms with van der Waals surface area (Å²) < 4.78 is 0. The summed E-state index contributed by atoms with van der Waals surface area (Å²) in [5.41, 5.74) is 2.15. The van der Waals surface area contributed by atoms with Gasteiger partial charge in [-0.15, -0.1) is 0 Å². The maximum atomic E-state index is 13.5. The predicted molar refractivity (Wildman–Crippen MR) is 120 cm³/mol.